The quantitative estimate of drug-likeness (QED) is 0.893. The third kappa shape index (κ3) is 4.87. The first-order chi connectivity index (χ1) is 10.5. The standard InChI is InChI=1S/C15H18Cl2N2O3/c1-10(20)19(8-12-3-2-6-22-12)9-15(21)18-14-7-11(16)4-5-13(14)17/h4-5,7,12H,2-3,6,8-9H2,1H3,(H,18,21). The van der Waals surface area contributed by atoms with Crippen molar-refractivity contribution in [2.24, 2.45) is 0 Å². The van der Waals surface area contributed by atoms with Gasteiger partial charge in [-0.3, -0.25) is 9.59 Å². The highest BCUT2D eigenvalue weighted by atomic mass is 35.5. The molecular weight excluding hydrogens is 327 g/mol. The van der Waals surface area contributed by atoms with Gasteiger partial charge in [0.1, 0.15) is 0 Å². The molecule has 120 valence electrons. The summed E-state index contributed by atoms with van der Waals surface area (Å²) in [5.74, 6) is -0.486. The summed E-state index contributed by atoms with van der Waals surface area (Å²) in [6, 6.07) is 4.81. The molecule has 0 aliphatic carbocycles. The van der Waals surface area contributed by atoms with Gasteiger partial charge in [-0.05, 0) is 31.0 Å². The molecule has 1 atom stereocenters. The molecule has 1 aromatic rings. The van der Waals surface area contributed by atoms with Crippen LogP contribution in [0, 0.1) is 0 Å². The van der Waals surface area contributed by atoms with Gasteiger partial charge in [0.05, 0.1) is 23.4 Å². The van der Waals surface area contributed by atoms with Crippen molar-refractivity contribution >= 4 is 40.7 Å². The maximum absolute atomic E-state index is 12.1. The van der Waals surface area contributed by atoms with E-state index in [9.17, 15) is 9.59 Å². The van der Waals surface area contributed by atoms with Crippen LogP contribution in [0.4, 0.5) is 5.69 Å². The van der Waals surface area contributed by atoms with Gasteiger partial charge >= 0.3 is 0 Å². The number of rotatable bonds is 5. The predicted octanol–water partition coefficient (Wildman–Crippen LogP) is 2.96. The Hall–Kier alpha value is -1.30. The van der Waals surface area contributed by atoms with E-state index in [4.69, 9.17) is 27.9 Å². The molecule has 5 nitrogen and oxygen atoms in total. The average Bonchev–Trinajstić information content (AvgIpc) is 2.95. The van der Waals surface area contributed by atoms with Gasteiger partial charge in [0.2, 0.25) is 11.8 Å². The lowest BCUT2D eigenvalue weighted by molar-refractivity contribution is -0.134. The average molecular weight is 345 g/mol. The summed E-state index contributed by atoms with van der Waals surface area (Å²) in [4.78, 5) is 25.3. The van der Waals surface area contributed by atoms with Gasteiger partial charge in [-0.2, -0.15) is 0 Å². The molecule has 1 saturated heterocycles. The number of halogens is 2. The van der Waals surface area contributed by atoms with Crippen molar-refractivity contribution in [1.29, 1.82) is 0 Å². The van der Waals surface area contributed by atoms with Crippen LogP contribution in [0.1, 0.15) is 19.8 Å². The number of nitrogens with zero attached hydrogens (tertiary/aromatic N) is 1. The first kappa shape index (κ1) is 17.1. The molecule has 0 radical (unpaired) electrons. The van der Waals surface area contributed by atoms with Crippen molar-refractivity contribution in [3.63, 3.8) is 0 Å². The second-order valence-corrected chi connectivity index (χ2v) is 6.05. The molecular formula is C15H18Cl2N2O3. The lowest BCUT2D eigenvalue weighted by Crippen LogP contribution is -2.41. The third-order valence-electron chi connectivity index (χ3n) is 3.43. The molecule has 0 spiro atoms. The number of hydrogen-bond acceptors (Lipinski definition) is 3. The smallest absolute Gasteiger partial charge is 0.244 e. The minimum atomic E-state index is -0.322. The maximum Gasteiger partial charge on any atom is 0.244 e. The summed E-state index contributed by atoms with van der Waals surface area (Å²) in [7, 11) is 0. The van der Waals surface area contributed by atoms with Gasteiger partial charge in [0, 0.05) is 25.1 Å². The Morgan fingerprint density at radius 1 is 1.41 bits per heavy atom. The molecule has 1 aromatic carbocycles. The Balaban J connectivity index is 1.95. The van der Waals surface area contributed by atoms with Gasteiger partial charge in [-0.15, -0.1) is 0 Å². The van der Waals surface area contributed by atoms with E-state index in [1.165, 1.54) is 11.8 Å². The number of hydrogen-bond donors (Lipinski definition) is 1. The maximum atomic E-state index is 12.1. The first-order valence-corrected chi connectivity index (χ1v) is 7.83. The predicted molar refractivity (Wildman–Crippen MR) is 86.3 cm³/mol. The molecule has 1 heterocycles. The van der Waals surface area contributed by atoms with Crippen LogP contribution >= 0.6 is 23.2 Å². The van der Waals surface area contributed by atoms with Crippen LogP contribution in [-0.2, 0) is 14.3 Å². The highest BCUT2D eigenvalue weighted by Crippen LogP contribution is 2.25. The number of nitrogens with one attached hydrogen (secondary N) is 1. The van der Waals surface area contributed by atoms with Gasteiger partial charge in [-0.25, -0.2) is 0 Å². The Morgan fingerprint density at radius 2 is 2.18 bits per heavy atom. The summed E-state index contributed by atoms with van der Waals surface area (Å²) >= 11 is 11.9. The van der Waals surface area contributed by atoms with Crippen LogP contribution < -0.4 is 5.32 Å². The molecule has 0 aromatic heterocycles. The zero-order valence-corrected chi connectivity index (χ0v) is 13.8. The van der Waals surface area contributed by atoms with E-state index in [1.807, 2.05) is 0 Å². The van der Waals surface area contributed by atoms with E-state index in [-0.39, 0.29) is 24.5 Å². The molecule has 1 N–H and O–H groups in total. The largest absolute Gasteiger partial charge is 0.376 e. The first-order valence-electron chi connectivity index (χ1n) is 7.07. The van der Waals surface area contributed by atoms with Gasteiger partial charge < -0.3 is 15.0 Å². The SMILES string of the molecule is CC(=O)N(CC(=O)Nc1cc(Cl)ccc1Cl)CC1CCCO1. The van der Waals surface area contributed by atoms with Crippen molar-refractivity contribution in [2.45, 2.75) is 25.9 Å². The fraction of sp³-hybridized carbons (Fsp3) is 0.467. The molecule has 2 amide bonds. The van der Waals surface area contributed by atoms with E-state index < -0.39 is 0 Å². The van der Waals surface area contributed by atoms with Crippen LogP contribution in [0.25, 0.3) is 0 Å². The van der Waals surface area contributed by atoms with Crippen LogP contribution in [0.3, 0.4) is 0 Å². The van der Waals surface area contributed by atoms with Crippen LogP contribution in [0.15, 0.2) is 18.2 Å². The Kier molecular flexibility index (Phi) is 6.06. The normalized spacial score (nSPS) is 17.3. The minimum absolute atomic E-state index is 0.00598. The summed E-state index contributed by atoms with van der Waals surface area (Å²) in [5.41, 5.74) is 0.430. The van der Waals surface area contributed by atoms with Crippen LogP contribution in [-0.4, -0.2) is 42.5 Å². The number of ether oxygens (including phenoxy) is 1. The molecule has 22 heavy (non-hydrogen) atoms. The number of benzene rings is 1. The third-order valence-corrected chi connectivity index (χ3v) is 3.99. The van der Waals surface area contributed by atoms with Crippen molar-refractivity contribution in [3.05, 3.63) is 28.2 Å². The molecule has 7 heteroatoms. The number of anilines is 1. The summed E-state index contributed by atoms with van der Waals surface area (Å²) in [5, 5.41) is 3.54. The summed E-state index contributed by atoms with van der Waals surface area (Å²) < 4.78 is 5.50. The lowest BCUT2D eigenvalue weighted by atomic mass is 10.2. The molecule has 2 rings (SSSR count). The summed E-state index contributed by atoms with van der Waals surface area (Å²) in [6.07, 6.45) is 1.90. The highest BCUT2D eigenvalue weighted by Gasteiger charge is 2.22. The van der Waals surface area contributed by atoms with Crippen LogP contribution in [0.5, 0.6) is 0 Å². The second kappa shape index (κ2) is 7.81. The topological polar surface area (TPSA) is 58.6 Å². The van der Waals surface area contributed by atoms with Gasteiger partial charge in [-0.1, -0.05) is 23.2 Å². The Bertz CT molecular complexity index is 560. The number of carbonyl (C=O) groups excluding carboxylic acids is 2. The van der Waals surface area contributed by atoms with E-state index in [0.717, 1.165) is 12.8 Å². The van der Waals surface area contributed by atoms with Gasteiger partial charge in [0.15, 0.2) is 0 Å². The van der Waals surface area contributed by atoms with E-state index in [0.29, 0.717) is 28.9 Å². The van der Waals surface area contributed by atoms with Crippen LogP contribution in [0.2, 0.25) is 10.0 Å². The van der Waals surface area contributed by atoms with E-state index in [2.05, 4.69) is 5.32 Å². The van der Waals surface area contributed by atoms with Crippen molar-refractivity contribution in [2.75, 3.05) is 25.0 Å². The Labute approximate surface area is 139 Å². The monoisotopic (exact) mass is 344 g/mol. The van der Waals surface area contributed by atoms with E-state index >= 15 is 0 Å². The zero-order valence-electron chi connectivity index (χ0n) is 12.3. The van der Waals surface area contributed by atoms with Crippen molar-refractivity contribution < 1.29 is 14.3 Å². The zero-order chi connectivity index (χ0) is 16.1. The number of amides is 2. The molecule has 1 unspecified atom stereocenters. The highest BCUT2D eigenvalue weighted by molar-refractivity contribution is 6.35. The second-order valence-electron chi connectivity index (χ2n) is 5.21. The molecule has 1 aliphatic heterocycles. The molecule has 0 saturated carbocycles. The molecule has 1 aliphatic rings. The minimum Gasteiger partial charge on any atom is -0.376 e. The van der Waals surface area contributed by atoms with Crippen molar-refractivity contribution in [1.82, 2.24) is 4.90 Å². The lowest BCUT2D eigenvalue weighted by Gasteiger charge is -2.23. The van der Waals surface area contributed by atoms with Crippen molar-refractivity contribution in [3.8, 4) is 0 Å². The van der Waals surface area contributed by atoms with Gasteiger partial charge in [0.25, 0.3) is 0 Å². The summed E-state index contributed by atoms with van der Waals surface area (Å²) in [6.45, 7) is 2.53. The Morgan fingerprint density at radius 3 is 2.82 bits per heavy atom. The fourth-order valence-corrected chi connectivity index (χ4v) is 2.63. The molecule has 0 bridgehead atoms. The fourth-order valence-electron chi connectivity index (χ4n) is 2.29. The van der Waals surface area contributed by atoms with E-state index in [1.54, 1.807) is 18.2 Å². The number of carbonyl (C=O) groups is 2. The molecule has 1 fully saturated rings.